The van der Waals surface area contributed by atoms with Gasteiger partial charge in [-0.15, -0.1) is 0 Å². The predicted molar refractivity (Wildman–Crippen MR) is 68.8 cm³/mol. The molecule has 0 amide bonds. The molecule has 0 radical (unpaired) electrons. The number of ether oxygens (including phenoxy) is 3. The van der Waals surface area contributed by atoms with Gasteiger partial charge in [0.05, 0.1) is 18.6 Å². The lowest BCUT2D eigenvalue weighted by Crippen LogP contribution is -2.42. The van der Waals surface area contributed by atoms with E-state index in [1.807, 2.05) is 0 Å². The van der Waals surface area contributed by atoms with Crippen LogP contribution in [-0.4, -0.2) is 20.0 Å². The van der Waals surface area contributed by atoms with Crippen LogP contribution in [0.15, 0.2) is 12.1 Å². The van der Waals surface area contributed by atoms with Crippen molar-refractivity contribution in [1.29, 1.82) is 0 Å². The van der Waals surface area contributed by atoms with Crippen LogP contribution >= 0.6 is 0 Å². The van der Waals surface area contributed by atoms with Gasteiger partial charge in [0.2, 0.25) is 6.29 Å². The van der Waals surface area contributed by atoms with E-state index >= 15 is 0 Å². The number of rotatable bonds is 1. The third-order valence-corrected chi connectivity index (χ3v) is 3.94. The van der Waals surface area contributed by atoms with Crippen molar-refractivity contribution in [2.24, 2.45) is 5.92 Å². The Bertz CT molecular complexity index is 455. The van der Waals surface area contributed by atoms with Gasteiger partial charge in [-0.05, 0) is 38.3 Å². The SMILES string of the molecule is CO[C@@H]1c2cc(C)cc(C)c2O[C@@H]2OCCC[C@@H]21. The van der Waals surface area contributed by atoms with Gasteiger partial charge in [-0.2, -0.15) is 0 Å². The molecule has 0 bridgehead atoms. The molecular formula is C15H20O3. The zero-order valence-electron chi connectivity index (χ0n) is 11.2. The summed E-state index contributed by atoms with van der Waals surface area (Å²) < 4.78 is 17.5. The Kier molecular flexibility index (Phi) is 3.04. The van der Waals surface area contributed by atoms with Crippen molar-refractivity contribution in [2.75, 3.05) is 13.7 Å². The summed E-state index contributed by atoms with van der Waals surface area (Å²) in [6, 6.07) is 4.33. The number of methoxy groups -OCH3 is 1. The normalized spacial score (nSPS) is 30.3. The molecule has 1 aromatic rings. The highest BCUT2D eigenvalue weighted by Gasteiger charge is 2.41. The van der Waals surface area contributed by atoms with E-state index in [0.29, 0.717) is 5.92 Å². The molecule has 0 spiro atoms. The zero-order valence-corrected chi connectivity index (χ0v) is 11.2. The zero-order chi connectivity index (χ0) is 12.7. The fraction of sp³-hybridized carbons (Fsp3) is 0.600. The molecule has 2 aliphatic rings. The summed E-state index contributed by atoms with van der Waals surface area (Å²) in [5.74, 6) is 1.27. The maximum atomic E-state index is 6.05. The first-order valence-corrected chi connectivity index (χ1v) is 6.63. The van der Waals surface area contributed by atoms with E-state index in [1.165, 1.54) is 16.7 Å². The third kappa shape index (κ3) is 1.82. The Morgan fingerprint density at radius 3 is 2.89 bits per heavy atom. The lowest BCUT2D eigenvalue weighted by molar-refractivity contribution is -0.186. The van der Waals surface area contributed by atoms with Crippen molar-refractivity contribution in [3.63, 3.8) is 0 Å². The largest absolute Gasteiger partial charge is 0.464 e. The van der Waals surface area contributed by atoms with E-state index in [9.17, 15) is 0 Å². The maximum absolute atomic E-state index is 6.05. The summed E-state index contributed by atoms with van der Waals surface area (Å²) in [4.78, 5) is 0. The average molecular weight is 248 g/mol. The molecule has 1 aromatic carbocycles. The molecular weight excluding hydrogens is 228 g/mol. The molecule has 98 valence electrons. The maximum Gasteiger partial charge on any atom is 0.205 e. The molecule has 1 saturated heterocycles. The van der Waals surface area contributed by atoms with Gasteiger partial charge < -0.3 is 14.2 Å². The highest BCUT2D eigenvalue weighted by atomic mass is 16.7. The Labute approximate surface area is 108 Å². The average Bonchev–Trinajstić information content (AvgIpc) is 2.36. The van der Waals surface area contributed by atoms with Crippen molar-refractivity contribution in [3.8, 4) is 5.75 Å². The molecule has 18 heavy (non-hydrogen) atoms. The van der Waals surface area contributed by atoms with Crippen LogP contribution < -0.4 is 4.74 Å². The second-order valence-electron chi connectivity index (χ2n) is 5.32. The molecule has 1 fully saturated rings. The topological polar surface area (TPSA) is 27.7 Å². The Morgan fingerprint density at radius 1 is 1.28 bits per heavy atom. The van der Waals surface area contributed by atoms with Gasteiger partial charge in [-0.3, -0.25) is 0 Å². The first-order valence-electron chi connectivity index (χ1n) is 6.63. The fourth-order valence-electron chi connectivity index (χ4n) is 3.20. The second kappa shape index (κ2) is 4.56. The fourth-order valence-corrected chi connectivity index (χ4v) is 3.20. The standard InChI is InChI=1S/C15H20O3/c1-9-7-10(2)13-12(8-9)14(16-3)11-5-4-6-17-15(11)18-13/h7-8,11,14-15H,4-6H2,1-3H3/t11-,14+,15+/m1/s1. The van der Waals surface area contributed by atoms with E-state index < -0.39 is 0 Å². The van der Waals surface area contributed by atoms with Crippen molar-refractivity contribution < 1.29 is 14.2 Å². The quantitative estimate of drug-likeness (QED) is 0.764. The van der Waals surface area contributed by atoms with Crippen LogP contribution in [0.1, 0.15) is 35.6 Å². The van der Waals surface area contributed by atoms with Crippen molar-refractivity contribution in [2.45, 2.75) is 39.1 Å². The van der Waals surface area contributed by atoms with E-state index in [-0.39, 0.29) is 12.4 Å². The summed E-state index contributed by atoms with van der Waals surface area (Å²) in [5, 5.41) is 0. The number of aryl methyl sites for hydroxylation is 2. The molecule has 3 rings (SSSR count). The first-order chi connectivity index (χ1) is 8.70. The van der Waals surface area contributed by atoms with Crippen LogP contribution in [0.25, 0.3) is 0 Å². The van der Waals surface area contributed by atoms with Crippen molar-refractivity contribution in [1.82, 2.24) is 0 Å². The third-order valence-electron chi connectivity index (χ3n) is 3.94. The van der Waals surface area contributed by atoms with Crippen LogP contribution in [0.3, 0.4) is 0 Å². The van der Waals surface area contributed by atoms with Crippen molar-refractivity contribution in [3.05, 3.63) is 28.8 Å². The summed E-state index contributed by atoms with van der Waals surface area (Å²) in [6.45, 7) is 4.99. The Morgan fingerprint density at radius 2 is 2.11 bits per heavy atom. The summed E-state index contributed by atoms with van der Waals surface area (Å²) in [5.41, 5.74) is 3.61. The minimum absolute atomic E-state index is 0.0950. The van der Waals surface area contributed by atoms with Crippen molar-refractivity contribution >= 4 is 0 Å². The first kappa shape index (κ1) is 12.0. The predicted octanol–water partition coefficient (Wildman–Crippen LogP) is 3.14. The van der Waals surface area contributed by atoms with Gasteiger partial charge >= 0.3 is 0 Å². The number of benzene rings is 1. The lowest BCUT2D eigenvalue weighted by atomic mass is 9.85. The second-order valence-corrected chi connectivity index (χ2v) is 5.32. The molecule has 3 nitrogen and oxygen atoms in total. The summed E-state index contributed by atoms with van der Waals surface area (Å²) in [6.07, 6.45) is 2.15. The smallest absolute Gasteiger partial charge is 0.205 e. The Hall–Kier alpha value is -1.06. The van der Waals surface area contributed by atoms with Crippen LogP contribution in [0.2, 0.25) is 0 Å². The minimum atomic E-state index is -0.141. The number of hydrogen-bond acceptors (Lipinski definition) is 3. The van der Waals surface area contributed by atoms with Gasteiger partial charge in [0.1, 0.15) is 5.75 Å². The highest BCUT2D eigenvalue weighted by Crippen LogP contribution is 2.46. The molecule has 2 aliphatic heterocycles. The highest BCUT2D eigenvalue weighted by molar-refractivity contribution is 5.46. The van der Waals surface area contributed by atoms with Gasteiger partial charge in [0, 0.05) is 12.7 Å². The van der Waals surface area contributed by atoms with E-state index in [2.05, 4.69) is 26.0 Å². The van der Waals surface area contributed by atoms with E-state index in [1.54, 1.807) is 7.11 Å². The van der Waals surface area contributed by atoms with Crippen LogP contribution in [0.4, 0.5) is 0 Å². The number of fused-ring (bicyclic) bond motifs is 2. The monoisotopic (exact) mass is 248 g/mol. The molecule has 0 N–H and O–H groups in total. The molecule has 2 heterocycles. The number of hydrogen-bond donors (Lipinski definition) is 0. The van der Waals surface area contributed by atoms with Crippen LogP contribution in [0.5, 0.6) is 5.75 Å². The van der Waals surface area contributed by atoms with Crippen LogP contribution in [0, 0.1) is 19.8 Å². The lowest BCUT2D eigenvalue weighted by Gasteiger charge is -2.41. The molecule has 0 unspecified atom stereocenters. The van der Waals surface area contributed by atoms with Gasteiger partial charge in [0.15, 0.2) is 0 Å². The molecule has 0 saturated carbocycles. The van der Waals surface area contributed by atoms with E-state index in [4.69, 9.17) is 14.2 Å². The summed E-state index contributed by atoms with van der Waals surface area (Å²) >= 11 is 0. The minimum Gasteiger partial charge on any atom is -0.464 e. The summed E-state index contributed by atoms with van der Waals surface area (Å²) in [7, 11) is 1.78. The van der Waals surface area contributed by atoms with Gasteiger partial charge in [-0.1, -0.05) is 11.6 Å². The molecule has 0 aliphatic carbocycles. The molecule has 0 aromatic heterocycles. The Balaban J connectivity index is 2.07. The molecule has 3 atom stereocenters. The van der Waals surface area contributed by atoms with Gasteiger partial charge in [-0.25, -0.2) is 0 Å². The van der Waals surface area contributed by atoms with Crippen LogP contribution in [-0.2, 0) is 9.47 Å². The van der Waals surface area contributed by atoms with E-state index in [0.717, 1.165) is 25.2 Å². The molecule has 3 heteroatoms. The van der Waals surface area contributed by atoms with Gasteiger partial charge in [0.25, 0.3) is 0 Å².